The molecule has 0 amide bonds. The van der Waals surface area contributed by atoms with Crippen LogP contribution in [0, 0.1) is 6.92 Å². The van der Waals surface area contributed by atoms with Crippen LogP contribution in [0.15, 0.2) is 88.5 Å². The predicted octanol–water partition coefficient (Wildman–Crippen LogP) is 5.02. The van der Waals surface area contributed by atoms with Crippen LogP contribution in [0.2, 0.25) is 0 Å². The van der Waals surface area contributed by atoms with Crippen molar-refractivity contribution >= 4 is 13.1 Å². The van der Waals surface area contributed by atoms with Crippen LogP contribution >= 0.6 is 0 Å². The van der Waals surface area contributed by atoms with Gasteiger partial charge in [0.05, 0.1) is 0 Å². The lowest BCUT2D eigenvalue weighted by molar-refractivity contribution is 0.575. The molecule has 33 heavy (non-hydrogen) atoms. The number of rotatable bonds is 11. The molecule has 0 radical (unpaired) electrons. The number of hydrogen-bond donors (Lipinski definition) is 2. The Bertz CT molecular complexity index is 1120. The number of pyridine rings is 1. The van der Waals surface area contributed by atoms with Gasteiger partial charge in [-0.2, -0.15) is 0 Å². The van der Waals surface area contributed by atoms with Crippen molar-refractivity contribution in [2.45, 2.75) is 26.3 Å². The molecule has 1 heterocycles. The van der Waals surface area contributed by atoms with Crippen LogP contribution < -0.4 is 10.6 Å². The maximum atomic E-state index is 15.2. The molecule has 0 bridgehead atoms. The quantitative estimate of drug-likeness (QED) is 0.323. The fraction of sp³-hybridized carbons (Fsp3) is 0.222. The third-order valence-corrected chi connectivity index (χ3v) is 5.28. The van der Waals surface area contributed by atoms with Crippen LogP contribution in [-0.4, -0.2) is 31.6 Å². The van der Waals surface area contributed by atoms with Crippen molar-refractivity contribution in [2.24, 2.45) is 9.98 Å². The summed E-state index contributed by atoms with van der Waals surface area (Å²) in [6, 6.07) is 20.1. The van der Waals surface area contributed by atoms with Crippen LogP contribution in [0.4, 0.5) is 4.39 Å². The van der Waals surface area contributed by atoms with Gasteiger partial charge in [-0.1, -0.05) is 48.5 Å². The fourth-order valence-corrected chi connectivity index (χ4v) is 3.52. The smallest absolute Gasteiger partial charge is 0.160 e. The maximum Gasteiger partial charge on any atom is 0.160 e. The molecular formula is C27H30FN5. The highest BCUT2D eigenvalue weighted by Crippen LogP contribution is 2.21. The van der Waals surface area contributed by atoms with Gasteiger partial charge in [0, 0.05) is 24.9 Å². The molecule has 5 nitrogen and oxygen atoms in total. The molecule has 170 valence electrons. The Morgan fingerprint density at radius 1 is 1.06 bits per heavy atom. The van der Waals surface area contributed by atoms with E-state index in [-0.39, 0.29) is 18.1 Å². The maximum absolute atomic E-state index is 15.2. The number of aryl methyl sites for hydroxylation is 1. The first-order valence-corrected chi connectivity index (χ1v) is 10.9. The minimum atomic E-state index is -0.337. The molecule has 3 aromatic rings. The van der Waals surface area contributed by atoms with E-state index in [1.165, 1.54) is 6.34 Å². The summed E-state index contributed by atoms with van der Waals surface area (Å²) in [7, 11) is 1.91. The molecule has 2 N–H and O–H groups in total. The van der Waals surface area contributed by atoms with Gasteiger partial charge in [0.15, 0.2) is 5.82 Å². The first kappa shape index (κ1) is 24.0. The molecule has 0 fully saturated rings. The van der Waals surface area contributed by atoms with Crippen molar-refractivity contribution in [1.82, 2.24) is 15.6 Å². The number of halogens is 1. The summed E-state index contributed by atoms with van der Waals surface area (Å²) >= 11 is 0. The van der Waals surface area contributed by atoms with Crippen molar-refractivity contribution in [3.63, 3.8) is 0 Å². The molecule has 0 aliphatic carbocycles. The Kier molecular flexibility index (Phi) is 9.03. The Hall–Kier alpha value is -3.64. The van der Waals surface area contributed by atoms with Crippen molar-refractivity contribution in [1.29, 1.82) is 0 Å². The second-order valence-corrected chi connectivity index (χ2v) is 7.72. The molecular weight excluding hydrogens is 413 g/mol. The Morgan fingerprint density at radius 3 is 2.52 bits per heavy atom. The van der Waals surface area contributed by atoms with Crippen LogP contribution in [0.25, 0.3) is 11.1 Å². The summed E-state index contributed by atoms with van der Waals surface area (Å²) < 4.78 is 15.2. The Balaban J connectivity index is 1.73. The van der Waals surface area contributed by atoms with Gasteiger partial charge >= 0.3 is 0 Å². The first-order chi connectivity index (χ1) is 16.1. The molecule has 0 unspecified atom stereocenters. The van der Waals surface area contributed by atoms with Crippen LogP contribution in [0.5, 0.6) is 0 Å². The van der Waals surface area contributed by atoms with E-state index in [1.54, 1.807) is 0 Å². The summed E-state index contributed by atoms with van der Waals surface area (Å²) in [5.41, 5.74) is 6.29. The summed E-state index contributed by atoms with van der Waals surface area (Å²) in [4.78, 5) is 12.0. The zero-order valence-electron chi connectivity index (χ0n) is 19.2. The number of nitrogens with zero attached hydrogens (tertiary/aromatic N) is 3. The van der Waals surface area contributed by atoms with Crippen molar-refractivity contribution in [3.05, 3.63) is 101 Å². The van der Waals surface area contributed by atoms with Gasteiger partial charge in [-0.05, 0) is 73.6 Å². The third-order valence-electron chi connectivity index (χ3n) is 5.28. The second kappa shape index (κ2) is 12.4. The molecule has 0 saturated heterocycles. The lowest BCUT2D eigenvalue weighted by Gasteiger charge is -2.12. The van der Waals surface area contributed by atoms with E-state index in [9.17, 15) is 0 Å². The monoisotopic (exact) mass is 443 g/mol. The van der Waals surface area contributed by atoms with Gasteiger partial charge in [0.2, 0.25) is 0 Å². The third kappa shape index (κ3) is 7.19. The van der Waals surface area contributed by atoms with Gasteiger partial charge in [0.1, 0.15) is 12.2 Å². The number of hydrogen-bond acceptors (Lipinski definition) is 4. The first-order valence-electron chi connectivity index (χ1n) is 10.9. The highest BCUT2D eigenvalue weighted by Gasteiger charge is 2.10. The SMILES string of the molecule is C=N/C=N\C(NCc1ccc(-c2ccnc(C)c2)cc1)=C(\F)Cc1ccccc1CCNC. The largest absolute Gasteiger partial charge is 0.364 e. The van der Waals surface area contributed by atoms with Crippen LogP contribution in [0.3, 0.4) is 0 Å². The molecule has 0 saturated carbocycles. The number of benzene rings is 2. The van der Waals surface area contributed by atoms with E-state index in [4.69, 9.17) is 0 Å². The number of likely N-dealkylation sites (N-methyl/N-ethyl adjacent to an activating group) is 1. The molecule has 1 aromatic heterocycles. The Labute approximate surface area is 195 Å². The standard InChI is InChI=1S/C27H30FN5/c1-20-16-25(13-15-31-20)23-10-8-21(9-11-23)18-32-27(33-19-30-3)26(28)17-24-7-5-4-6-22(24)12-14-29-2/h4-11,13,15-16,19,29,32H,3,12,14,17-18H2,1-2H3/b27-26+,33-19-. The van der Waals surface area contributed by atoms with E-state index < -0.39 is 0 Å². The zero-order chi connectivity index (χ0) is 23.5. The molecule has 0 aliphatic heterocycles. The van der Waals surface area contributed by atoms with Crippen LogP contribution in [-0.2, 0) is 19.4 Å². The molecule has 2 aromatic carbocycles. The summed E-state index contributed by atoms with van der Waals surface area (Å²) in [5.74, 6) is -0.171. The van der Waals surface area contributed by atoms with E-state index in [0.717, 1.165) is 46.5 Å². The number of aromatic nitrogens is 1. The van der Waals surface area contributed by atoms with E-state index >= 15 is 4.39 Å². The van der Waals surface area contributed by atoms with Gasteiger partial charge in [-0.25, -0.2) is 9.38 Å². The lowest BCUT2D eigenvalue weighted by Crippen LogP contribution is -2.14. The molecule has 0 aliphatic rings. The van der Waals surface area contributed by atoms with Gasteiger partial charge < -0.3 is 10.6 Å². The summed E-state index contributed by atoms with van der Waals surface area (Å²) in [5, 5.41) is 6.26. The normalized spacial score (nSPS) is 12.0. The number of nitrogens with one attached hydrogen (secondary N) is 2. The average Bonchev–Trinajstić information content (AvgIpc) is 2.84. The minimum absolute atomic E-state index is 0.164. The number of allylic oxidation sites excluding steroid dienone is 1. The minimum Gasteiger partial charge on any atom is -0.364 e. The van der Waals surface area contributed by atoms with E-state index in [2.05, 4.69) is 50.5 Å². The zero-order valence-corrected chi connectivity index (χ0v) is 19.2. The fourth-order valence-electron chi connectivity index (χ4n) is 3.52. The van der Waals surface area contributed by atoms with E-state index in [1.807, 2.05) is 62.6 Å². The van der Waals surface area contributed by atoms with E-state index in [0.29, 0.717) is 6.54 Å². The van der Waals surface area contributed by atoms with Crippen molar-refractivity contribution in [3.8, 4) is 11.1 Å². The summed E-state index contributed by atoms with van der Waals surface area (Å²) in [6.07, 6.45) is 4.06. The Morgan fingerprint density at radius 2 is 1.82 bits per heavy atom. The van der Waals surface area contributed by atoms with Crippen molar-refractivity contribution < 1.29 is 4.39 Å². The highest BCUT2D eigenvalue weighted by molar-refractivity contribution is 5.64. The second-order valence-electron chi connectivity index (χ2n) is 7.72. The van der Waals surface area contributed by atoms with Crippen LogP contribution in [0.1, 0.15) is 22.4 Å². The molecule has 3 rings (SSSR count). The predicted molar refractivity (Wildman–Crippen MR) is 135 cm³/mol. The topological polar surface area (TPSA) is 61.7 Å². The molecule has 6 heteroatoms. The van der Waals surface area contributed by atoms with Crippen molar-refractivity contribution in [2.75, 3.05) is 13.6 Å². The molecule has 0 spiro atoms. The van der Waals surface area contributed by atoms with Gasteiger partial charge in [-0.3, -0.25) is 9.98 Å². The van der Waals surface area contributed by atoms with Gasteiger partial charge in [-0.15, -0.1) is 0 Å². The highest BCUT2D eigenvalue weighted by atomic mass is 19.1. The lowest BCUT2D eigenvalue weighted by atomic mass is 10.0. The number of aliphatic imine (C=N–C) groups is 2. The summed E-state index contributed by atoms with van der Waals surface area (Å²) in [6.45, 7) is 6.65. The van der Waals surface area contributed by atoms with Gasteiger partial charge in [0.25, 0.3) is 0 Å². The molecule has 0 atom stereocenters. The average molecular weight is 444 g/mol.